The van der Waals surface area contributed by atoms with Gasteiger partial charge in [-0.3, -0.25) is 9.48 Å². The first-order chi connectivity index (χ1) is 15.8. The minimum atomic E-state index is -3.09. The molecular weight excluding hydrogens is 436 g/mol. The molecule has 1 fully saturated rings. The lowest BCUT2D eigenvalue weighted by Crippen LogP contribution is -2.21. The van der Waals surface area contributed by atoms with Gasteiger partial charge in [0.1, 0.15) is 0 Å². The predicted octanol–water partition coefficient (Wildman–Crippen LogP) is 4.32. The van der Waals surface area contributed by atoms with Crippen molar-refractivity contribution in [3.05, 3.63) is 65.9 Å². The van der Waals surface area contributed by atoms with Crippen molar-refractivity contribution < 1.29 is 13.2 Å². The van der Waals surface area contributed by atoms with Gasteiger partial charge >= 0.3 is 0 Å². The summed E-state index contributed by atoms with van der Waals surface area (Å²) >= 11 is 0. The van der Waals surface area contributed by atoms with Crippen molar-refractivity contribution in [2.75, 3.05) is 34.8 Å². The van der Waals surface area contributed by atoms with Crippen molar-refractivity contribution in [2.45, 2.75) is 33.2 Å². The van der Waals surface area contributed by atoms with Crippen LogP contribution in [0, 0.1) is 6.92 Å². The van der Waals surface area contributed by atoms with Crippen LogP contribution in [-0.2, 0) is 9.84 Å². The SMILES string of the molecule is CCN(CC)c1ccc(NC(=O)c2cc(-c3ccc(C)cc3)n(C3CCS(=O)(=O)C3)n2)cc1. The summed E-state index contributed by atoms with van der Waals surface area (Å²) in [6, 6.07) is 17.1. The molecule has 2 heterocycles. The van der Waals surface area contributed by atoms with Gasteiger partial charge < -0.3 is 10.2 Å². The molecule has 0 bridgehead atoms. The Morgan fingerprint density at radius 1 is 1.09 bits per heavy atom. The number of nitrogens with zero attached hydrogens (tertiary/aromatic N) is 3. The zero-order valence-corrected chi connectivity index (χ0v) is 20.1. The number of nitrogens with one attached hydrogen (secondary N) is 1. The van der Waals surface area contributed by atoms with Gasteiger partial charge in [-0.2, -0.15) is 5.10 Å². The van der Waals surface area contributed by atoms with E-state index in [0.29, 0.717) is 12.1 Å². The minimum Gasteiger partial charge on any atom is -0.372 e. The van der Waals surface area contributed by atoms with Crippen molar-refractivity contribution in [2.24, 2.45) is 0 Å². The van der Waals surface area contributed by atoms with E-state index in [1.807, 2.05) is 55.5 Å². The van der Waals surface area contributed by atoms with Crippen LogP contribution < -0.4 is 10.2 Å². The lowest BCUT2D eigenvalue weighted by Gasteiger charge is -2.21. The Bertz CT molecular complexity index is 1230. The van der Waals surface area contributed by atoms with Crippen LogP contribution in [0.1, 0.15) is 42.4 Å². The normalized spacial score (nSPS) is 17.1. The van der Waals surface area contributed by atoms with Gasteiger partial charge in [-0.1, -0.05) is 29.8 Å². The molecule has 174 valence electrons. The number of hydrogen-bond acceptors (Lipinski definition) is 5. The summed E-state index contributed by atoms with van der Waals surface area (Å²) in [5.74, 6) is -0.134. The molecule has 8 heteroatoms. The Balaban J connectivity index is 1.61. The highest BCUT2D eigenvalue weighted by molar-refractivity contribution is 7.91. The molecule has 4 rings (SSSR count). The number of sulfone groups is 1. The number of aromatic nitrogens is 2. The van der Waals surface area contributed by atoms with E-state index in [2.05, 4.69) is 29.2 Å². The maximum atomic E-state index is 13.0. The van der Waals surface area contributed by atoms with Gasteiger partial charge in [0.15, 0.2) is 15.5 Å². The van der Waals surface area contributed by atoms with Crippen LogP contribution in [0.5, 0.6) is 0 Å². The van der Waals surface area contributed by atoms with Crippen LogP contribution >= 0.6 is 0 Å². The van der Waals surface area contributed by atoms with Crippen LogP contribution in [-0.4, -0.2) is 48.7 Å². The van der Waals surface area contributed by atoms with Crippen molar-refractivity contribution in [1.29, 1.82) is 0 Å². The molecule has 2 aromatic carbocycles. The third kappa shape index (κ3) is 5.11. The van der Waals surface area contributed by atoms with Crippen LogP contribution in [0.3, 0.4) is 0 Å². The summed E-state index contributed by atoms with van der Waals surface area (Å²) in [6.07, 6.45) is 0.497. The molecule has 3 aromatic rings. The molecule has 1 atom stereocenters. The number of amides is 1. The van der Waals surface area contributed by atoms with Gasteiger partial charge in [-0.15, -0.1) is 0 Å². The number of benzene rings is 2. The number of hydrogen-bond donors (Lipinski definition) is 1. The van der Waals surface area contributed by atoms with Gasteiger partial charge in [0, 0.05) is 24.5 Å². The predicted molar refractivity (Wildman–Crippen MR) is 133 cm³/mol. The first-order valence-corrected chi connectivity index (χ1v) is 13.1. The highest BCUT2D eigenvalue weighted by Crippen LogP contribution is 2.30. The van der Waals surface area contributed by atoms with E-state index in [0.717, 1.165) is 35.6 Å². The van der Waals surface area contributed by atoms with E-state index in [4.69, 9.17) is 0 Å². The van der Waals surface area contributed by atoms with Crippen molar-refractivity contribution in [1.82, 2.24) is 9.78 Å². The monoisotopic (exact) mass is 466 g/mol. The zero-order chi connectivity index (χ0) is 23.6. The van der Waals surface area contributed by atoms with Gasteiger partial charge in [0.2, 0.25) is 0 Å². The van der Waals surface area contributed by atoms with E-state index in [-0.39, 0.29) is 29.1 Å². The topological polar surface area (TPSA) is 84.3 Å². The van der Waals surface area contributed by atoms with Gasteiger partial charge in [0.25, 0.3) is 5.91 Å². The van der Waals surface area contributed by atoms with Crippen LogP contribution in [0.4, 0.5) is 11.4 Å². The summed E-state index contributed by atoms with van der Waals surface area (Å²) in [5, 5.41) is 7.47. The number of anilines is 2. The summed E-state index contributed by atoms with van der Waals surface area (Å²) < 4.78 is 25.9. The molecule has 0 radical (unpaired) electrons. The van der Waals surface area contributed by atoms with E-state index < -0.39 is 9.84 Å². The molecule has 0 saturated carbocycles. The van der Waals surface area contributed by atoms with Crippen molar-refractivity contribution in [3.8, 4) is 11.3 Å². The Morgan fingerprint density at radius 2 is 1.76 bits per heavy atom. The summed E-state index contributed by atoms with van der Waals surface area (Å²) in [6.45, 7) is 8.05. The van der Waals surface area contributed by atoms with Crippen molar-refractivity contribution >= 4 is 27.1 Å². The van der Waals surface area contributed by atoms with Gasteiger partial charge in [-0.25, -0.2) is 8.42 Å². The fourth-order valence-corrected chi connectivity index (χ4v) is 5.92. The molecule has 1 N–H and O–H groups in total. The second kappa shape index (κ2) is 9.39. The van der Waals surface area contributed by atoms with Crippen LogP contribution in [0.25, 0.3) is 11.3 Å². The molecule has 1 aliphatic rings. The second-order valence-electron chi connectivity index (χ2n) is 8.46. The molecule has 1 saturated heterocycles. The first-order valence-electron chi connectivity index (χ1n) is 11.3. The van der Waals surface area contributed by atoms with Crippen LogP contribution in [0.2, 0.25) is 0 Å². The standard InChI is InChI=1S/C25H30N4O3S/c1-4-28(5-2)21-12-10-20(11-13-21)26-25(30)23-16-24(19-8-6-18(3)7-9-19)29(27-23)22-14-15-33(31,32)17-22/h6-13,16,22H,4-5,14-15,17H2,1-3H3,(H,26,30). The molecule has 0 spiro atoms. The van der Waals surface area contributed by atoms with Gasteiger partial charge in [-0.05, 0) is 63.1 Å². The first kappa shape index (κ1) is 23.0. The Labute approximate surface area is 195 Å². The molecule has 7 nitrogen and oxygen atoms in total. The van der Waals surface area contributed by atoms with E-state index in [9.17, 15) is 13.2 Å². The fourth-order valence-electron chi connectivity index (χ4n) is 4.23. The molecule has 0 aliphatic carbocycles. The number of rotatable bonds is 7. The minimum absolute atomic E-state index is 0.0431. The lowest BCUT2D eigenvalue weighted by molar-refractivity contribution is 0.102. The number of carbonyl (C=O) groups is 1. The summed E-state index contributed by atoms with van der Waals surface area (Å²) in [5.41, 5.74) is 4.83. The number of carbonyl (C=O) groups excluding carboxylic acids is 1. The Kier molecular flexibility index (Phi) is 6.56. The van der Waals surface area contributed by atoms with Gasteiger partial charge in [0.05, 0.1) is 23.2 Å². The highest BCUT2D eigenvalue weighted by Gasteiger charge is 2.32. The fraction of sp³-hybridized carbons (Fsp3) is 0.360. The lowest BCUT2D eigenvalue weighted by atomic mass is 10.1. The maximum Gasteiger partial charge on any atom is 0.276 e. The largest absolute Gasteiger partial charge is 0.372 e. The molecule has 1 aromatic heterocycles. The molecule has 1 unspecified atom stereocenters. The second-order valence-corrected chi connectivity index (χ2v) is 10.7. The Hall–Kier alpha value is -3.13. The zero-order valence-electron chi connectivity index (χ0n) is 19.3. The maximum absolute atomic E-state index is 13.0. The smallest absolute Gasteiger partial charge is 0.276 e. The average molecular weight is 467 g/mol. The quantitative estimate of drug-likeness (QED) is 0.561. The van der Waals surface area contributed by atoms with E-state index in [1.165, 1.54) is 0 Å². The molecular formula is C25H30N4O3S. The Morgan fingerprint density at radius 3 is 2.33 bits per heavy atom. The van der Waals surface area contributed by atoms with E-state index >= 15 is 0 Å². The van der Waals surface area contributed by atoms with E-state index in [1.54, 1.807) is 10.7 Å². The third-order valence-electron chi connectivity index (χ3n) is 6.12. The average Bonchev–Trinajstić information content (AvgIpc) is 3.40. The molecule has 1 amide bonds. The summed E-state index contributed by atoms with van der Waals surface area (Å²) in [7, 11) is -3.09. The van der Waals surface area contributed by atoms with Crippen molar-refractivity contribution in [3.63, 3.8) is 0 Å². The highest BCUT2D eigenvalue weighted by atomic mass is 32.2. The van der Waals surface area contributed by atoms with Crippen LogP contribution in [0.15, 0.2) is 54.6 Å². The molecule has 1 aliphatic heterocycles. The summed E-state index contributed by atoms with van der Waals surface area (Å²) in [4.78, 5) is 15.3. The molecule has 33 heavy (non-hydrogen) atoms. The third-order valence-corrected chi connectivity index (χ3v) is 7.87. The number of aryl methyl sites for hydroxylation is 1.